The smallest absolute Gasteiger partial charge is 0.191 e. The third-order valence-corrected chi connectivity index (χ3v) is 5.78. The number of nitrogens with one attached hydrogen (secondary N) is 2. The number of rotatable bonds is 7. The van der Waals surface area contributed by atoms with Gasteiger partial charge in [-0.1, -0.05) is 37.3 Å². The third kappa shape index (κ3) is 6.33. The summed E-state index contributed by atoms with van der Waals surface area (Å²) < 4.78 is 0. The predicted molar refractivity (Wildman–Crippen MR) is 114 cm³/mol. The number of nitrogens with zero attached hydrogens (tertiary/aromatic N) is 3. The number of aryl methyl sites for hydroxylation is 1. The van der Waals surface area contributed by atoms with Crippen LogP contribution in [0.2, 0.25) is 0 Å². The molecular formula is C21H31N5S. The molecule has 1 aliphatic heterocycles. The highest BCUT2D eigenvalue weighted by molar-refractivity contribution is 7.09. The van der Waals surface area contributed by atoms with E-state index in [0.29, 0.717) is 12.6 Å². The highest BCUT2D eigenvalue weighted by Gasteiger charge is 2.20. The normalized spacial score (nSPS) is 18.4. The topological polar surface area (TPSA) is 52.6 Å². The summed E-state index contributed by atoms with van der Waals surface area (Å²) in [6.07, 6.45) is 3.40. The lowest BCUT2D eigenvalue weighted by molar-refractivity contribution is 0.192. The molecule has 0 spiro atoms. The van der Waals surface area contributed by atoms with Crippen LogP contribution in [0.3, 0.4) is 0 Å². The molecule has 0 aliphatic carbocycles. The Hall–Kier alpha value is -1.92. The van der Waals surface area contributed by atoms with E-state index in [1.165, 1.54) is 30.0 Å². The first kappa shape index (κ1) is 19.8. The monoisotopic (exact) mass is 385 g/mol. The van der Waals surface area contributed by atoms with Crippen molar-refractivity contribution in [3.05, 3.63) is 52.0 Å². The Morgan fingerprint density at radius 1 is 1.30 bits per heavy atom. The molecule has 0 radical (unpaired) electrons. The van der Waals surface area contributed by atoms with Gasteiger partial charge in [-0.25, -0.2) is 9.98 Å². The number of piperidine rings is 1. The molecule has 27 heavy (non-hydrogen) atoms. The van der Waals surface area contributed by atoms with Crippen LogP contribution in [-0.2, 0) is 19.5 Å². The zero-order chi connectivity index (χ0) is 18.9. The van der Waals surface area contributed by atoms with Crippen molar-refractivity contribution in [3.8, 4) is 0 Å². The lowest BCUT2D eigenvalue weighted by atomic mass is 10.0. The average Bonchev–Trinajstić information content (AvgIpc) is 3.16. The van der Waals surface area contributed by atoms with Gasteiger partial charge in [-0.15, -0.1) is 11.3 Å². The van der Waals surface area contributed by atoms with Gasteiger partial charge >= 0.3 is 0 Å². The van der Waals surface area contributed by atoms with Crippen LogP contribution in [0.25, 0.3) is 0 Å². The maximum Gasteiger partial charge on any atom is 0.191 e. The number of benzene rings is 1. The van der Waals surface area contributed by atoms with Crippen molar-refractivity contribution in [3.63, 3.8) is 0 Å². The zero-order valence-corrected chi connectivity index (χ0v) is 17.3. The van der Waals surface area contributed by atoms with Gasteiger partial charge in [-0.3, -0.25) is 4.90 Å². The number of thiazole rings is 1. The van der Waals surface area contributed by atoms with Gasteiger partial charge in [0.1, 0.15) is 0 Å². The quantitative estimate of drug-likeness (QED) is 0.566. The first-order valence-electron chi connectivity index (χ1n) is 10.0. The van der Waals surface area contributed by atoms with Gasteiger partial charge in [-0.2, -0.15) is 0 Å². The lowest BCUT2D eigenvalue weighted by Gasteiger charge is -2.34. The summed E-state index contributed by atoms with van der Waals surface area (Å²) in [5.74, 6) is 0.898. The molecule has 0 saturated carbocycles. The van der Waals surface area contributed by atoms with Gasteiger partial charge in [0.15, 0.2) is 5.96 Å². The fourth-order valence-corrected chi connectivity index (χ4v) is 4.15. The second-order valence-corrected chi connectivity index (χ2v) is 7.93. The molecule has 2 heterocycles. The van der Waals surface area contributed by atoms with E-state index in [1.807, 2.05) is 0 Å². The van der Waals surface area contributed by atoms with Crippen molar-refractivity contribution in [2.24, 2.45) is 4.99 Å². The van der Waals surface area contributed by atoms with Crippen LogP contribution >= 0.6 is 11.3 Å². The summed E-state index contributed by atoms with van der Waals surface area (Å²) in [4.78, 5) is 11.9. The zero-order valence-electron chi connectivity index (χ0n) is 16.4. The number of guanidine groups is 1. The SMILES string of the molecule is CCNC(=NCc1csc(CC)n1)NC1CCCN(Cc2ccccc2)C1. The highest BCUT2D eigenvalue weighted by Crippen LogP contribution is 2.14. The molecule has 1 atom stereocenters. The molecule has 0 amide bonds. The van der Waals surface area contributed by atoms with Crippen LogP contribution in [0.15, 0.2) is 40.7 Å². The van der Waals surface area contributed by atoms with Crippen LogP contribution in [0.1, 0.15) is 43.0 Å². The van der Waals surface area contributed by atoms with Gasteiger partial charge in [-0.05, 0) is 38.3 Å². The molecule has 2 N–H and O–H groups in total. The summed E-state index contributed by atoms with van der Waals surface area (Å²) in [6, 6.07) is 11.2. The minimum atomic E-state index is 0.432. The Kier molecular flexibility index (Phi) is 7.66. The maximum absolute atomic E-state index is 4.75. The number of likely N-dealkylation sites (tertiary alicyclic amines) is 1. The Morgan fingerprint density at radius 3 is 2.89 bits per heavy atom. The number of aromatic nitrogens is 1. The molecule has 6 heteroatoms. The van der Waals surface area contributed by atoms with Crippen LogP contribution in [0.5, 0.6) is 0 Å². The first-order valence-corrected chi connectivity index (χ1v) is 10.9. The summed E-state index contributed by atoms with van der Waals surface area (Å²) in [5.41, 5.74) is 2.44. The van der Waals surface area contributed by atoms with Crippen molar-refractivity contribution in [1.29, 1.82) is 0 Å². The van der Waals surface area contributed by atoms with Crippen molar-refractivity contribution in [2.75, 3.05) is 19.6 Å². The van der Waals surface area contributed by atoms with Crippen LogP contribution in [0, 0.1) is 0 Å². The highest BCUT2D eigenvalue weighted by atomic mass is 32.1. The van der Waals surface area contributed by atoms with Gasteiger partial charge in [0.2, 0.25) is 0 Å². The van der Waals surface area contributed by atoms with E-state index >= 15 is 0 Å². The number of hydrogen-bond donors (Lipinski definition) is 2. The van der Waals surface area contributed by atoms with E-state index < -0.39 is 0 Å². The van der Waals surface area contributed by atoms with Gasteiger partial charge in [0.05, 0.1) is 17.2 Å². The fourth-order valence-electron chi connectivity index (χ4n) is 3.42. The van der Waals surface area contributed by atoms with Crippen molar-refractivity contribution >= 4 is 17.3 Å². The molecule has 1 fully saturated rings. The van der Waals surface area contributed by atoms with Crippen molar-refractivity contribution < 1.29 is 0 Å². The average molecular weight is 386 g/mol. The van der Waals surface area contributed by atoms with E-state index in [0.717, 1.165) is 37.7 Å². The molecule has 5 nitrogen and oxygen atoms in total. The minimum Gasteiger partial charge on any atom is -0.357 e. The fraction of sp³-hybridized carbons (Fsp3) is 0.524. The Labute approximate surface area is 166 Å². The van der Waals surface area contributed by atoms with Gasteiger partial charge < -0.3 is 10.6 Å². The van der Waals surface area contributed by atoms with Crippen molar-refractivity contribution in [2.45, 2.75) is 52.2 Å². The van der Waals surface area contributed by atoms with Crippen LogP contribution < -0.4 is 10.6 Å². The first-order chi connectivity index (χ1) is 13.3. The molecule has 0 bridgehead atoms. The molecular weight excluding hydrogens is 354 g/mol. The molecule has 1 aromatic heterocycles. The molecule has 1 aliphatic rings. The standard InChI is InChI=1S/C21H31N5S/c1-3-20-24-19(16-27-20)13-23-21(22-4-2)25-18-11-8-12-26(15-18)14-17-9-6-5-7-10-17/h5-7,9-10,16,18H,3-4,8,11-15H2,1-2H3,(H2,22,23,25). The minimum absolute atomic E-state index is 0.432. The Bertz CT molecular complexity index is 712. The van der Waals surface area contributed by atoms with E-state index in [4.69, 9.17) is 4.99 Å². The maximum atomic E-state index is 4.75. The summed E-state index contributed by atoms with van der Waals surface area (Å²) in [6.45, 7) is 8.98. The van der Waals surface area contributed by atoms with Crippen LogP contribution in [0.4, 0.5) is 0 Å². The van der Waals surface area contributed by atoms with Crippen molar-refractivity contribution in [1.82, 2.24) is 20.5 Å². The molecule has 146 valence electrons. The van der Waals surface area contributed by atoms with Gasteiger partial charge in [0.25, 0.3) is 0 Å². The summed E-state index contributed by atoms with van der Waals surface area (Å²) in [5, 5.41) is 10.3. The summed E-state index contributed by atoms with van der Waals surface area (Å²) in [7, 11) is 0. The number of aliphatic imine (C=N–C) groups is 1. The molecule has 1 unspecified atom stereocenters. The second-order valence-electron chi connectivity index (χ2n) is 6.99. The molecule has 2 aromatic rings. The van der Waals surface area contributed by atoms with E-state index in [9.17, 15) is 0 Å². The van der Waals surface area contributed by atoms with Gasteiger partial charge in [0, 0.05) is 31.1 Å². The van der Waals surface area contributed by atoms with Crippen LogP contribution in [-0.4, -0.2) is 41.5 Å². The predicted octanol–water partition coefficient (Wildman–Crippen LogP) is 3.43. The Balaban J connectivity index is 1.55. The largest absolute Gasteiger partial charge is 0.357 e. The molecule has 1 aromatic carbocycles. The van der Waals surface area contributed by atoms with E-state index in [-0.39, 0.29) is 0 Å². The van der Waals surface area contributed by atoms with E-state index in [2.05, 4.69) is 70.1 Å². The molecule has 1 saturated heterocycles. The third-order valence-electron chi connectivity index (χ3n) is 4.74. The number of hydrogen-bond acceptors (Lipinski definition) is 4. The molecule has 3 rings (SSSR count). The van der Waals surface area contributed by atoms with E-state index in [1.54, 1.807) is 11.3 Å². The lowest BCUT2D eigenvalue weighted by Crippen LogP contribution is -2.51. The Morgan fingerprint density at radius 2 is 2.15 bits per heavy atom. The summed E-state index contributed by atoms with van der Waals surface area (Å²) >= 11 is 1.72. The second kappa shape index (κ2) is 10.4.